The summed E-state index contributed by atoms with van der Waals surface area (Å²) in [6.07, 6.45) is 3.27. The minimum atomic E-state index is -0.374. The van der Waals surface area contributed by atoms with Gasteiger partial charge in [0.15, 0.2) is 5.78 Å². The molecule has 1 fully saturated rings. The van der Waals surface area contributed by atoms with Crippen molar-refractivity contribution in [1.29, 1.82) is 0 Å². The lowest BCUT2D eigenvalue weighted by Gasteiger charge is -2.37. The molecule has 2 aromatic rings. The van der Waals surface area contributed by atoms with Gasteiger partial charge in [-0.25, -0.2) is 0 Å². The van der Waals surface area contributed by atoms with E-state index in [-0.39, 0.29) is 11.3 Å². The van der Waals surface area contributed by atoms with E-state index in [1.807, 2.05) is 24.3 Å². The van der Waals surface area contributed by atoms with E-state index in [9.17, 15) is 4.79 Å². The first-order chi connectivity index (χ1) is 10.2. The molecule has 1 aliphatic rings. The second-order valence-electron chi connectivity index (χ2n) is 6.18. The van der Waals surface area contributed by atoms with Gasteiger partial charge in [0.05, 0.1) is 5.54 Å². The quantitative estimate of drug-likeness (QED) is 0.779. The van der Waals surface area contributed by atoms with Crippen molar-refractivity contribution < 1.29 is 4.79 Å². The molecule has 1 aliphatic heterocycles. The minimum absolute atomic E-state index is 0.267. The number of hydrogen-bond donors (Lipinski definition) is 0. The van der Waals surface area contributed by atoms with Gasteiger partial charge in [0.25, 0.3) is 0 Å². The van der Waals surface area contributed by atoms with Crippen LogP contribution < -0.4 is 0 Å². The lowest BCUT2D eigenvalue weighted by atomic mass is 9.85. The van der Waals surface area contributed by atoms with Gasteiger partial charge in [0.1, 0.15) is 0 Å². The van der Waals surface area contributed by atoms with Crippen LogP contribution in [0.1, 0.15) is 43.5 Å². The van der Waals surface area contributed by atoms with Crippen LogP contribution in [0, 0.1) is 0 Å². The molecule has 110 valence electrons. The van der Waals surface area contributed by atoms with Crippen LogP contribution in [0.4, 0.5) is 0 Å². The fourth-order valence-corrected chi connectivity index (χ4v) is 3.45. The zero-order valence-electron chi connectivity index (χ0n) is 12.9. The van der Waals surface area contributed by atoms with E-state index in [0.29, 0.717) is 0 Å². The molecular weight excluding hydrogens is 258 g/mol. The Bertz CT molecular complexity index is 652. The summed E-state index contributed by atoms with van der Waals surface area (Å²) in [6, 6.07) is 14.2. The molecule has 2 heteroatoms. The average molecular weight is 281 g/mol. The Morgan fingerprint density at radius 1 is 1.10 bits per heavy atom. The topological polar surface area (TPSA) is 20.3 Å². The first kappa shape index (κ1) is 14.3. The summed E-state index contributed by atoms with van der Waals surface area (Å²) in [7, 11) is 0. The summed E-state index contributed by atoms with van der Waals surface area (Å²) in [5.74, 6) is 0.267. The number of rotatable bonds is 4. The van der Waals surface area contributed by atoms with E-state index in [1.165, 1.54) is 12.8 Å². The lowest BCUT2D eigenvalue weighted by Crippen LogP contribution is -2.50. The van der Waals surface area contributed by atoms with Crippen LogP contribution in [-0.2, 0) is 0 Å². The van der Waals surface area contributed by atoms with Gasteiger partial charge in [-0.05, 0) is 50.0 Å². The van der Waals surface area contributed by atoms with Crippen molar-refractivity contribution in [2.45, 2.75) is 38.6 Å². The van der Waals surface area contributed by atoms with E-state index >= 15 is 0 Å². The van der Waals surface area contributed by atoms with Crippen LogP contribution >= 0.6 is 0 Å². The third kappa shape index (κ3) is 2.38. The number of carbonyl (C=O) groups is 1. The second-order valence-corrected chi connectivity index (χ2v) is 6.18. The van der Waals surface area contributed by atoms with Gasteiger partial charge in [-0.1, -0.05) is 49.4 Å². The number of carbonyl (C=O) groups excluding carboxylic acids is 1. The minimum Gasteiger partial charge on any atom is -0.292 e. The van der Waals surface area contributed by atoms with E-state index in [4.69, 9.17) is 0 Å². The molecule has 0 bridgehead atoms. The molecule has 0 aliphatic carbocycles. The number of nitrogens with zero attached hydrogens (tertiary/aromatic N) is 1. The Labute approximate surface area is 126 Å². The van der Waals surface area contributed by atoms with Crippen LogP contribution in [0.3, 0.4) is 0 Å². The number of ketones is 1. The van der Waals surface area contributed by atoms with Gasteiger partial charge < -0.3 is 0 Å². The monoisotopic (exact) mass is 281 g/mol. The summed E-state index contributed by atoms with van der Waals surface area (Å²) in [6.45, 7) is 6.32. The molecule has 0 radical (unpaired) electrons. The van der Waals surface area contributed by atoms with Crippen LogP contribution in [0.5, 0.6) is 0 Å². The number of benzene rings is 2. The van der Waals surface area contributed by atoms with Crippen molar-refractivity contribution >= 4 is 16.6 Å². The lowest BCUT2D eigenvalue weighted by molar-refractivity contribution is 0.0649. The zero-order chi connectivity index (χ0) is 14.9. The predicted octanol–water partition coefficient (Wildman–Crippen LogP) is 4.29. The second kappa shape index (κ2) is 5.61. The van der Waals surface area contributed by atoms with E-state index in [2.05, 4.69) is 36.9 Å². The highest BCUT2D eigenvalue weighted by atomic mass is 16.1. The SMILES string of the molecule is CCC(C)(C(=O)c1cccc2ccccc12)N1CCCC1. The van der Waals surface area contributed by atoms with Crippen LogP contribution in [0.15, 0.2) is 42.5 Å². The van der Waals surface area contributed by atoms with Gasteiger partial charge in [-0.2, -0.15) is 0 Å². The number of fused-ring (bicyclic) bond motifs is 1. The van der Waals surface area contributed by atoms with Crippen LogP contribution in [0.2, 0.25) is 0 Å². The Hall–Kier alpha value is -1.67. The summed E-state index contributed by atoms with van der Waals surface area (Å²) < 4.78 is 0. The van der Waals surface area contributed by atoms with Crippen molar-refractivity contribution in [2.75, 3.05) is 13.1 Å². The third-order valence-electron chi connectivity index (χ3n) is 5.02. The molecular formula is C19H23NO. The van der Waals surface area contributed by atoms with E-state index in [1.54, 1.807) is 0 Å². The van der Waals surface area contributed by atoms with Gasteiger partial charge >= 0.3 is 0 Å². The summed E-state index contributed by atoms with van der Waals surface area (Å²) >= 11 is 0. The number of Topliss-reactive ketones (excluding diaryl/α,β-unsaturated/α-hetero) is 1. The van der Waals surface area contributed by atoms with Crippen molar-refractivity contribution in [3.63, 3.8) is 0 Å². The molecule has 0 N–H and O–H groups in total. The summed E-state index contributed by atoms with van der Waals surface area (Å²) in [5.41, 5.74) is 0.491. The maximum atomic E-state index is 13.3. The fourth-order valence-electron chi connectivity index (χ4n) is 3.45. The van der Waals surface area contributed by atoms with Crippen LogP contribution in [-0.4, -0.2) is 29.3 Å². The Morgan fingerprint density at radius 3 is 2.48 bits per heavy atom. The molecule has 21 heavy (non-hydrogen) atoms. The largest absolute Gasteiger partial charge is 0.292 e. The molecule has 1 heterocycles. The first-order valence-electron chi connectivity index (χ1n) is 7.94. The molecule has 0 aromatic heterocycles. The standard InChI is InChI=1S/C19H23NO/c1-3-19(2,20-13-6-7-14-20)18(21)17-12-8-10-15-9-4-5-11-16(15)17/h4-5,8-12H,3,6-7,13-14H2,1-2H3. The van der Waals surface area contributed by atoms with E-state index in [0.717, 1.165) is 35.8 Å². The Kier molecular flexibility index (Phi) is 3.81. The molecule has 1 saturated heterocycles. The van der Waals surface area contributed by atoms with E-state index < -0.39 is 0 Å². The first-order valence-corrected chi connectivity index (χ1v) is 7.94. The molecule has 2 aromatic carbocycles. The third-order valence-corrected chi connectivity index (χ3v) is 5.02. The molecule has 0 amide bonds. The van der Waals surface area contributed by atoms with Gasteiger partial charge in [0, 0.05) is 5.56 Å². The smallest absolute Gasteiger partial charge is 0.183 e. The highest BCUT2D eigenvalue weighted by Gasteiger charge is 2.39. The predicted molar refractivity (Wildman–Crippen MR) is 87.8 cm³/mol. The van der Waals surface area contributed by atoms with Crippen molar-refractivity contribution in [2.24, 2.45) is 0 Å². The molecule has 2 nitrogen and oxygen atoms in total. The maximum Gasteiger partial charge on any atom is 0.183 e. The van der Waals surface area contributed by atoms with Crippen LogP contribution in [0.25, 0.3) is 10.8 Å². The highest BCUT2D eigenvalue weighted by molar-refractivity contribution is 6.12. The average Bonchev–Trinajstić information content (AvgIpc) is 3.08. The Morgan fingerprint density at radius 2 is 1.76 bits per heavy atom. The van der Waals surface area contributed by atoms with Crippen molar-refractivity contribution in [3.05, 3.63) is 48.0 Å². The molecule has 3 rings (SSSR count). The Balaban J connectivity index is 2.06. The number of likely N-dealkylation sites (tertiary alicyclic amines) is 1. The van der Waals surface area contributed by atoms with Gasteiger partial charge in [-0.3, -0.25) is 9.69 Å². The number of hydrogen-bond acceptors (Lipinski definition) is 2. The molecule has 0 spiro atoms. The van der Waals surface area contributed by atoms with Gasteiger partial charge in [0.2, 0.25) is 0 Å². The molecule has 1 atom stereocenters. The summed E-state index contributed by atoms with van der Waals surface area (Å²) in [5, 5.41) is 2.21. The fraction of sp³-hybridized carbons (Fsp3) is 0.421. The molecule has 1 unspecified atom stereocenters. The summed E-state index contributed by atoms with van der Waals surface area (Å²) in [4.78, 5) is 15.6. The molecule has 0 saturated carbocycles. The van der Waals surface area contributed by atoms with Crippen molar-refractivity contribution in [3.8, 4) is 0 Å². The normalized spacial score (nSPS) is 18.8. The highest BCUT2D eigenvalue weighted by Crippen LogP contribution is 2.31. The van der Waals surface area contributed by atoms with Gasteiger partial charge in [-0.15, -0.1) is 0 Å². The zero-order valence-corrected chi connectivity index (χ0v) is 12.9. The van der Waals surface area contributed by atoms with Crippen molar-refractivity contribution in [1.82, 2.24) is 4.90 Å². The maximum absolute atomic E-state index is 13.3.